The molecule has 0 atom stereocenters. The van der Waals surface area contributed by atoms with E-state index in [2.05, 4.69) is 22.1 Å². The Morgan fingerprint density at radius 2 is 2.00 bits per heavy atom. The number of hydrogen-bond donors (Lipinski definition) is 2. The van der Waals surface area contributed by atoms with Gasteiger partial charge in [0.25, 0.3) is 5.91 Å². The van der Waals surface area contributed by atoms with Crippen molar-refractivity contribution in [2.24, 2.45) is 5.73 Å². The number of benzene rings is 1. The summed E-state index contributed by atoms with van der Waals surface area (Å²) in [7, 11) is 0. The second kappa shape index (κ2) is 11.4. The van der Waals surface area contributed by atoms with E-state index in [1.54, 1.807) is 18.2 Å². The normalized spacial score (nSPS) is 14.6. The number of nitrogens with one attached hydrogen (secondary N) is 1. The van der Waals surface area contributed by atoms with E-state index in [4.69, 9.17) is 15.5 Å². The molecule has 1 fully saturated rings. The van der Waals surface area contributed by atoms with Crippen molar-refractivity contribution in [1.82, 2.24) is 19.8 Å². The van der Waals surface area contributed by atoms with Gasteiger partial charge >= 0.3 is 0 Å². The van der Waals surface area contributed by atoms with Crippen LogP contribution in [-0.2, 0) is 0 Å². The number of anilines is 2. The van der Waals surface area contributed by atoms with Crippen LogP contribution in [0.2, 0.25) is 0 Å². The molecule has 1 aliphatic heterocycles. The van der Waals surface area contributed by atoms with Gasteiger partial charge in [-0.2, -0.15) is 0 Å². The highest BCUT2D eigenvalue weighted by atomic mass is 32.1. The molecule has 0 spiro atoms. The number of carbonyl (C=O) groups is 2. The summed E-state index contributed by atoms with van der Waals surface area (Å²) in [6, 6.07) is 5.03. The van der Waals surface area contributed by atoms with Gasteiger partial charge in [-0.05, 0) is 58.5 Å². The standard InChI is InChI=1S/C25H32N6O3S2/c1-5-30-9-6-10-31(12-11-30)24(33)23-27-16(4)21(36-23)19-14-35-25(29-19)28-18-13-17(22(26)32)7-8-20(18)34-15(2)3/h7-8,13-15H,5-6,9-12H2,1-4H3,(H2,26,32)(H,28,29). The summed E-state index contributed by atoms with van der Waals surface area (Å²) in [5.41, 5.74) is 7.99. The van der Waals surface area contributed by atoms with Crippen LogP contribution in [0, 0.1) is 6.92 Å². The molecule has 1 aromatic carbocycles. The third-order valence-corrected chi connectivity index (χ3v) is 7.83. The molecule has 0 unspecified atom stereocenters. The van der Waals surface area contributed by atoms with Crippen LogP contribution in [0.1, 0.15) is 53.0 Å². The summed E-state index contributed by atoms with van der Waals surface area (Å²) in [5, 5.41) is 6.32. The Morgan fingerprint density at radius 3 is 2.72 bits per heavy atom. The molecule has 0 saturated carbocycles. The van der Waals surface area contributed by atoms with Gasteiger partial charge in [-0.3, -0.25) is 9.59 Å². The Hall–Kier alpha value is -3.02. The fourth-order valence-corrected chi connectivity index (χ4v) is 5.82. The molecule has 1 saturated heterocycles. The van der Waals surface area contributed by atoms with Crippen molar-refractivity contribution >= 4 is 45.3 Å². The monoisotopic (exact) mass is 528 g/mol. The van der Waals surface area contributed by atoms with E-state index in [1.165, 1.54) is 22.7 Å². The largest absolute Gasteiger partial charge is 0.489 e. The molecule has 36 heavy (non-hydrogen) atoms. The zero-order valence-electron chi connectivity index (χ0n) is 21.0. The van der Waals surface area contributed by atoms with Gasteiger partial charge in [0.1, 0.15) is 5.75 Å². The molecule has 2 amide bonds. The Kier molecular flexibility index (Phi) is 8.22. The summed E-state index contributed by atoms with van der Waals surface area (Å²) in [5.74, 6) is 0.0746. The lowest BCUT2D eigenvalue weighted by Crippen LogP contribution is -2.35. The highest BCUT2D eigenvalue weighted by Gasteiger charge is 2.24. The Labute approximate surface area is 219 Å². The van der Waals surface area contributed by atoms with E-state index in [0.29, 0.717) is 27.1 Å². The lowest BCUT2D eigenvalue weighted by Gasteiger charge is -2.20. The maximum atomic E-state index is 13.2. The quantitative estimate of drug-likeness (QED) is 0.446. The van der Waals surface area contributed by atoms with E-state index in [0.717, 1.165) is 55.4 Å². The van der Waals surface area contributed by atoms with Crippen LogP contribution in [0.4, 0.5) is 10.8 Å². The molecule has 11 heteroatoms. The number of nitrogens with zero attached hydrogens (tertiary/aromatic N) is 4. The van der Waals surface area contributed by atoms with Crippen molar-refractivity contribution in [2.75, 3.05) is 38.0 Å². The van der Waals surface area contributed by atoms with Gasteiger partial charge in [0, 0.05) is 30.6 Å². The van der Waals surface area contributed by atoms with Gasteiger partial charge in [0.05, 0.1) is 28.1 Å². The number of nitrogens with two attached hydrogens (primary N) is 1. The summed E-state index contributed by atoms with van der Waals surface area (Å²) in [6.45, 7) is 12.3. The number of hydrogen-bond acceptors (Lipinski definition) is 9. The van der Waals surface area contributed by atoms with Gasteiger partial charge in [0.2, 0.25) is 5.91 Å². The predicted molar refractivity (Wildman–Crippen MR) is 145 cm³/mol. The van der Waals surface area contributed by atoms with Crippen LogP contribution in [0.15, 0.2) is 23.6 Å². The van der Waals surface area contributed by atoms with Crippen LogP contribution in [0.5, 0.6) is 5.75 Å². The van der Waals surface area contributed by atoms with E-state index < -0.39 is 5.91 Å². The number of aryl methyl sites for hydroxylation is 1. The number of primary amides is 1. The highest BCUT2D eigenvalue weighted by molar-refractivity contribution is 7.18. The molecule has 0 radical (unpaired) electrons. The van der Waals surface area contributed by atoms with E-state index in [-0.39, 0.29) is 12.0 Å². The fraction of sp³-hybridized carbons (Fsp3) is 0.440. The first-order valence-corrected chi connectivity index (χ1v) is 13.8. The molecule has 0 aliphatic carbocycles. The molecular formula is C25H32N6O3S2. The average Bonchev–Trinajstić information content (AvgIpc) is 3.37. The fourth-order valence-electron chi connectivity index (χ4n) is 4.04. The average molecular weight is 529 g/mol. The molecule has 192 valence electrons. The van der Waals surface area contributed by atoms with Crippen molar-refractivity contribution in [2.45, 2.75) is 40.2 Å². The molecule has 9 nitrogen and oxygen atoms in total. The van der Waals surface area contributed by atoms with Gasteiger partial charge in [-0.1, -0.05) is 6.92 Å². The Bertz CT molecular complexity index is 1240. The number of carbonyl (C=O) groups excluding carboxylic acids is 2. The topological polar surface area (TPSA) is 114 Å². The summed E-state index contributed by atoms with van der Waals surface area (Å²) < 4.78 is 5.88. The molecule has 0 bridgehead atoms. The molecule has 2 aromatic heterocycles. The number of rotatable bonds is 8. The van der Waals surface area contributed by atoms with Crippen molar-refractivity contribution in [3.63, 3.8) is 0 Å². The predicted octanol–water partition coefficient (Wildman–Crippen LogP) is 4.37. The number of likely N-dealkylation sites (N-methyl/N-ethyl adjacent to an activating group) is 1. The third-order valence-electron chi connectivity index (χ3n) is 5.91. The zero-order valence-corrected chi connectivity index (χ0v) is 22.7. The number of aromatic nitrogens is 2. The van der Waals surface area contributed by atoms with Gasteiger partial charge in [-0.25, -0.2) is 9.97 Å². The number of ether oxygens (including phenoxy) is 1. The second-order valence-corrected chi connectivity index (χ2v) is 10.8. The van der Waals surface area contributed by atoms with Crippen molar-refractivity contribution in [3.8, 4) is 16.3 Å². The summed E-state index contributed by atoms with van der Waals surface area (Å²) in [4.78, 5) is 39.3. The molecule has 4 rings (SSSR count). The third kappa shape index (κ3) is 6.03. The molecule has 3 aromatic rings. The SMILES string of the molecule is CCN1CCCN(C(=O)c2nc(C)c(-c3csc(Nc4cc(C(N)=O)ccc4OC(C)C)n3)s2)CC1. The summed E-state index contributed by atoms with van der Waals surface area (Å²) >= 11 is 2.80. The molecule has 1 aliphatic rings. The lowest BCUT2D eigenvalue weighted by molar-refractivity contribution is 0.0761. The number of thiazole rings is 2. The molecule has 3 N–H and O–H groups in total. The van der Waals surface area contributed by atoms with Crippen LogP contribution < -0.4 is 15.8 Å². The number of amides is 2. The van der Waals surface area contributed by atoms with E-state index >= 15 is 0 Å². The van der Waals surface area contributed by atoms with Gasteiger partial charge in [0.15, 0.2) is 10.1 Å². The van der Waals surface area contributed by atoms with Crippen molar-refractivity contribution in [1.29, 1.82) is 0 Å². The van der Waals surface area contributed by atoms with Crippen molar-refractivity contribution in [3.05, 3.63) is 39.8 Å². The van der Waals surface area contributed by atoms with Gasteiger partial charge < -0.3 is 25.6 Å². The van der Waals surface area contributed by atoms with E-state index in [9.17, 15) is 9.59 Å². The van der Waals surface area contributed by atoms with Crippen LogP contribution in [0.25, 0.3) is 10.6 Å². The highest BCUT2D eigenvalue weighted by Crippen LogP contribution is 2.36. The second-order valence-electron chi connectivity index (χ2n) is 8.92. The molecular weight excluding hydrogens is 496 g/mol. The Morgan fingerprint density at radius 1 is 1.19 bits per heavy atom. The van der Waals surface area contributed by atoms with Crippen LogP contribution in [0.3, 0.4) is 0 Å². The van der Waals surface area contributed by atoms with Crippen LogP contribution >= 0.6 is 22.7 Å². The maximum Gasteiger partial charge on any atom is 0.282 e. The minimum Gasteiger partial charge on any atom is -0.489 e. The minimum atomic E-state index is -0.515. The zero-order chi connectivity index (χ0) is 25.8. The Balaban J connectivity index is 1.53. The first kappa shape index (κ1) is 26.1. The van der Waals surface area contributed by atoms with Crippen molar-refractivity contribution < 1.29 is 14.3 Å². The minimum absolute atomic E-state index is 0.0142. The first-order chi connectivity index (χ1) is 17.2. The van der Waals surface area contributed by atoms with Gasteiger partial charge in [-0.15, -0.1) is 22.7 Å². The molecule has 3 heterocycles. The van der Waals surface area contributed by atoms with Crippen LogP contribution in [-0.4, -0.2) is 70.4 Å². The maximum absolute atomic E-state index is 13.2. The smallest absolute Gasteiger partial charge is 0.282 e. The summed E-state index contributed by atoms with van der Waals surface area (Å²) in [6.07, 6.45) is 0.930. The van der Waals surface area contributed by atoms with E-state index in [1.807, 2.05) is 31.1 Å². The first-order valence-electron chi connectivity index (χ1n) is 12.1. The lowest BCUT2D eigenvalue weighted by atomic mass is 10.1.